The summed E-state index contributed by atoms with van der Waals surface area (Å²) in [5, 5.41) is 6.18. The Balaban J connectivity index is 1.24. The van der Waals surface area contributed by atoms with E-state index in [2.05, 4.69) is 39.8 Å². The van der Waals surface area contributed by atoms with Crippen LogP contribution in [0.1, 0.15) is 43.7 Å². The predicted molar refractivity (Wildman–Crippen MR) is 104 cm³/mol. The molecule has 1 atom stereocenters. The van der Waals surface area contributed by atoms with Crippen molar-refractivity contribution >= 4 is 11.9 Å². The van der Waals surface area contributed by atoms with Gasteiger partial charge < -0.3 is 15.5 Å². The molecule has 2 N–H and O–H groups in total. The van der Waals surface area contributed by atoms with Crippen LogP contribution in [0.3, 0.4) is 0 Å². The Labute approximate surface area is 161 Å². The first kappa shape index (κ1) is 18.3. The molecular weight excluding hydrogens is 340 g/mol. The van der Waals surface area contributed by atoms with Gasteiger partial charge in [-0.05, 0) is 44.3 Å². The average molecular weight is 370 g/mol. The molecule has 0 spiro atoms. The highest BCUT2D eigenvalue weighted by Crippen LogP contribution is 2.27. The molecule has 0 bridgehead atoms. The van der Waals surface area contributed by atoms with E-state index in [-0.39, 0.29) is 29.9 Å². The zero-order chi connectivity index (χ0) is 18.6. The molecule has 3 aliphatic rings. The van der Waals surface area contributed by atoms with E-state index in [1.54, 1.807) is 4.90 Å². The van der Waals surface area contributed by atoms with Gasteiger partial charge in [0, 0.05) is 25.6 Å². The summed E-state index contributed by atoms with van der Waals surface area (Å²) in [7, 11) is 0. The van der Waals surface area contributed by atoms with Crippen LogP contribution in [0.15, 0.2) is 30.3 Å². The molecule has 2 heterocycles. The Bertz CT molecular complexity index is 649. The lowest BCUT2D eigenvalue weighted by atomic mass is 9.84. The molecule has 0 aromatic heterocycles. The van der Waals surface area contributed by atoms with Crippen molar-refractivity contribution < 1.29 is 9.59 Å². The molecule has 6 heteroatoms. The number of urea groups is 1. The number of amides is 3. The van der Waals surface area contributed by atoms with E-state index in [0.717, 1.165) is 32.4 Å². The molecule has 6 nitrogen and oxygen atoms in total. The van der Waals surface area contributed by atoms with Crippen molar-refractivity contribution in [2.24, 2.45) is 5.92 Å². The molecule has 2 saturated heterocycles. The third kappa shape index (κ3) is 4.26. The first-order chi connectivity index (χ1) is 13.2. The summed E-state index contributed by atoms with van der Waals surface area (Å²) >= 11 is 0. The molecule has 27 heavy (non-hydrogen) atoms. The third-order valence-electron chi connectivity index (χ3n) is 6.20. The van der Waals surface area contributed by atoms with E-state index in [9.17, 15) is 9.59 Å². The van der Waals surface area contributed by atoms with Crippen LogP contribution in [-0.4, -0.2) is 60.5 Å². The van der Waals surface area contributed by atoms with Crippen LogP contribution >= 0.6 is 0 Å². The number of hydrogen-bond donors (Lipinski definition) is 2. The molecule has 3 fully saturated rings. The highest BCUT2D eigenvalue weighted by Gasteiger charge is 2.35. The van der Waals surface area contributed by atoms with Gasteiger partial charge in [-0.3, -0.25) is 9.69 Å². The van der Waals surface area contributed by atoms with Crippen LogP contribution < -0.4 is 10.6 Å². The number of nitrogens with zero attached hydrogens (tertiary/aromatic N) is 2. The van der Waals surface area contributed by atoms with E-state index in [1.807, 2.05) is 6.07 Å². The molecule has 1 aliphatic carbocycles. The summed E-state index contributed by atoms with van der Waals surface area (Å²) in [4.78, 5) is 28.7. The zero-order valence-electron chi connectivity index (χ0n) is 15.9. The Morgan fingerprint density at radius 2 is 1.74 bits per heavy atom. The number of benzene rings is 1. The number of rotatable bonds is 6. The molecule has 4 rings (SSSR count). The van der Waals surface area contributed by atoms with Crippen molar-refractivity contribution in [3.63, 3.8) is 0 Å². The molecule has 146 valence electrons. The largest absolute Gasteiger partial charge is 0.350 e. The minimum absolute atomic E-state index is 0.0238. The lowest BCUT2D eigenvalue weighted by molar-refractivity contribution is -0.129. The van der Waals surface area contributed by atoms with E-state index >= 15 is 0 Å². The Hall–Kier alpha value is -2.08. The van der Waals surface area contributed by atoms with Crippen LogP contribution in [0.25, 0.3) is 0 Å². The highest BCUT2D eigenvalue weighted by molar-refractivity contribution is 5.80. The summed E-state index contributed by atoms with van der Waals surface area (Å²) in [6.07, 6.45) is 5.65. The van der Waals surface area contributed by atoms with E-state index in [0.29, 0.717) is 19.6 Å². The van der Waals surface area contributed by atoms with Crippen molar-refractivity contribution in [1.82, 2.24) is 20.4 Å². The van der Waals surface area contributed by atoms with Gasteiger partial charge in [-0.1, -0.05) is 36.8 Å². The number of hydrogen-bond acceptors (Lipinski definition) is 3. The molecule has 0 radical (unpaired) electrons. The van der Waals surface area contributed by atoms with Gasteiger partial charge in [0.15, 0.2) is 0 Å². The van der Waals surface area contributed by atoms with Crippen molar-refractivity contribution in [2.75, 3.05) is 32.7 Å². The lowest BCUT2D eigenvalue weighted by Crippen LogP contribution is -2.63. The molecule has 1 aromatic rings. The fourth-order valence-electron chi connectivity index (χ4n) is 4.21. The van der Waals surface area contributed by atoms with Gasteiger partial charge >= 0.3 is 6.03 Å². The van der Waals surface area contributed by atoms with Crippen LogP contribution in [-0.2, 0) is 4.79 Å². The van der Waals surface area contributed by atoms with Crippen molar-refractivity contribution in [1.29, 1.82) is 0 Å². The highest BCUT2D eigenvalue weighted by atomic mass is 16.2. The summed E-state index contributed by atoms with van der Waals surface area (Å²) in [6, 6.07) is 10.8. The number of likely N-dealkylation sites (tertiary alicyclic amines) is 2. The van der Waals surface area contributed by atoms with Crippen LogP contribution in [0.2, 0.25) is 0 Å². The second-order valence-corrected chi connectivity index (χ2v) is 8.09. The molecule has 2 aliphatic heterocycles. The average Bonchev–Trinajstić information content (AvgIpc) is 3.11. The minimum Gasteiger partial charge on any atom is -0.350 e. The topological polar surface area (TPSA) is 64.7 Å². The van der Waals surface area contributed by atoms with E-state index in [1.165, 1.54) is 18.4 Å². The molecule has 3 amide bonds. The van der Waals surface area contributed by atoms with E-state index in [4.69, 9.17) is 0 Å². The lowest BCUT2D eigenvalue weighted by Gasteiger charge is -2.41. The second kappa shape index (κ2) is 8.30. The van der Waals surface area contributed by atoms with E-state index < -0.39 is 0 Å². The number of nitrogens with one attached hydrogen (secondary N) is 2. The van der Waals surface area contributed by atoms with Gasteiger partial charge in [-0.2, -0.15) is 0 Å². The number of carbonyl (C=O) groups is 2. The van der Waals surface area contributed by atoms with Gasteiger partial charge in [0.25, 0.3) is 0 Å². The first-order valence-corrected chi connectivity index (χ1v) is 10.3. The van der Waals surface area contributed by atoms with Crippen LogP contribution in [0.5, 0.6) is 0 Å². The normalized spacial score (nSPS) is 22.0. The maximum absolute atomic E-state index is 12.5. The fraction of sp³-hybridized carbons (Fsp3) is 0.619. The smallest absolute Gasteiger partial charge is 0.317 e. The van der Waals surface area contributed by atoms with Gasteiger partial charge in [0.05, 0.1) is 12.1 Å². The van der Waals surface area contributed by atoms with Gasteiger partial charge in [-0.25, -0.2) is 4.79 Å². The zero-order valence-corrected chi connectivity index (χ0v) is 15.9. The standard InChI is InChI=1S/C21H30N4O2/c26-20(17-9-6-10-17)23-18-14-25(15-18)21(27)22-13-19(24-11-4-5-12-24)16-7-2-1-3-8-16/h1-3,7-8,17-19H,4-6,9-15H2,(H,22,27)(H,23,26). The van der Waals surface area contributed by atoms with Gasteiger partial charge in [0.1, 0.15) is 0 Å². The van der Waals surface area contributed by atoms with Crippen LogP contribution in [0, 0.1) is 5.92 Å². The maximum Gasteiger partial charge on any atom is 0.317 e. The first-order valence-electron chi connectivity index (χ1n) is 10.3. The Morgan fingerprint density at radius 3 is 2.37 bits per heavy atom. The van der Waals surface area contributed by atoms with Crippen molar-refractivity contribution in [2.45, 2.75) is 44.2 Å². The molecule has 1 aromatic carbocycles. The second-order valence-electron chi connectivity index (χ2n) is 8.09. The summed E-state index contributed by atoms with van der Waals surface area (Å²) in [5.41, 5.74) is 1.26. The molecule has 1 saturated carbocycles. The summed E-state index contributed by atoms with van der Waals surface area (Å²) in [5.74, 6) is 0.379. The molecule has 1 unspecified atom stereocenters. The number of carbonyl (C=O) groups excluding carboxylic acids is 2. The summed E-state index contributed by atoms with van der Waals surface area (Å²) < 4.78 is 0. The third-order valence-corrected chi connectivity index (χ3v) is 6.20. The Kier molecular flexibility index (Phi) is 5.62. The molecular formula is C21H30N4O2. The van der Waals surface area contributed by atoms with Gasteiger partial charge in [-0.15, -0.1) is 0 Å². The van der Waals surface area contributed by atoms with Crippen molar-refractivity contribution in [3.8, 4) is 0 Å². The van der Waals surface area contributed by atoms with Crippen LogP contribution in [0.4, 0.5) is 4.79 Å². The quantitative estimate of drug-likeness (QED) is 0.806. The van der Waals surface area contributed by atoms with Gasteiger partial charge in [0.2, 0.25) is 5.91 Å². The SMILES string of the molecule is O=C(NC1CN(C(=O)NCC(c2ccccc2)N2CCCC2)C1)C1CCC1. The van der Waals surface area contributed by atoms with Crippen molar-refractivity contribution in [3.05, 3.63) is 35.9 Å². The predicted octanol–water partition coefficient (Wildman–Crippen LogP) is 2.13. The summed E-state index contributed by atoms with van der Waals surface area (Å²) in [6.45, 7) is 4.04. The minimum atomic E-state index is -0.0238. The fourth-order valence-corrected chi connectivity index (χ4v) is 4.21. The maximum atomic E-state index is 12.5. The monoisotopic (exact) mass is 370 g/mol. The Morgan fingerprint density at radius 1 is 1.04 bits per heavy atom.